The minimum absolute atomic E-state index is 0.000208. The zero-order chi connectivity index (χ0) is 49.7. The van der Waals surface area contributed by atoms with E-state index in [9.17, 15) is 19.2 Å². The van der Waals surface area contributed by atoms with Crippen LogP contribution in [0.4, 0.5) is 19.4 Å². The van der Waals surface area contributed by atoms with E-state index in [2.05, 4.69) is 43.7 Å². The monoisotopic (exact) mass is 990 g/mol. The number of imide groups is 1. The lowest BCUT2D eigenvalue weighted by atomic mass is 9.77. The van der Waals surface area contributed by atoms with Gasteiger partial charge in [-0.3, -0.25) is 29.3 Å². The minimum Gasteiger partial charge on any atom is -0.494 e. The van der Waals surface area contributed by atoms with E-state index in [0.717, 1.165) is 100 Å². The summed E-state index contributed by atoms with van der Waals surface area (Å²) >= 11 is 6.71. The summed E-state index contributed by atoms with van der Waals surface area (Å²) in [5.41, 5.74) is 7.81. The summed E-state index contributed by atoms with van der Waals surface area (Å²) in [4.78, 5) is 57.5. The molecule has 14 nitrogen and oxygen atoms in total. The lowest BCUT2D eigenvalue weighted by Gasteiger charge is -2.38. The highest BCUT2D eigenvalue weighted by molar-refractivity contribution is 6.34. The van der Waals surface area contributed by atoms with Crippen molar-refractivity contribution in [1.82, 2.24) is 30.2 Å². The number of methoxy groups -OCH3 is 1. The number of nitrogens with one attached hydrogen (secondary N) is 2. The maximum Gasteiger partial charge on any atom is 0.329 e. The van der Waals surface area contributed by atoms with Crippen molar-refractivity contribution in [1.29, 1.82) is 0 Å². The molecule has 4 aliphatic heterocycles. The van der Waals surface area contributed by atoms with Crippen LogP contribution in [-0.4, -0.2) is 102 Å². The van der Waals surface area contributed by atoms with Gasteiger partial charge in [-0.1, -0.05) is 54.9 Å². The van der Waals surface area contributed by atoms with Gasteiger partial charge in [-0.05, 0) is 112 Å². The van der Waals surface area contributed by atoms with Crippen LogP contribution in [0.2, 0.25) is 5.02 Å². The number of primary amides is 1. The molecule has 4 aromatic carbocycles. The molecule has 5 amide bonds. The third-order valence-corrected chi connectivity index (χ3v) is 16.5. The van der Waals surface area contributed by atoms with Gasteiger partial charge in [0.15, 0.2) is 23.0 Å². The van der Waals surface area contributed by atoms with Crippen LogP contribution in [0, 0.1) is 17.6 Å². The third kappa shape index (κ3) is 9.00. The zero-order valence-electron chi connectivity index (χ0n) is 40.4. The van der Waals surface area contributed by atoms with Gasteiger partial charge in [-0.15, -0.1) is 0 Å². The first-order chi connectivity index (χ1) is 34.3. The summed E-state index contributed by atoms with van der Waals surface area (Å²) in [6.07, 6.45) is 8.45. The number of ether oxygens (including phenoxy) is 2. The normalized spacial score (nSPS) is 24.4. The number of urea groups is 1. The van der Waals surface area contributed by atoms with Crippen molar-refractivity contribution < 1.29 is 37.4 Å². The van der Waals surface area contributed by atoms with Crippen molar-refractivity contribution in [2.45, 2.75) is 101 Å². The van der Waals surface area contributed by atoms with Crippen molar-refractivity contribution in [3.63, 3.8) is 0 Å². The number of amides is 5. The van der Waals surface area contributed by atoms with Crippen LogP contribution in [0.1, 0.15) is 110 Å². The topological polar surface area (TPSA) is 164 Å². The van der Waals surface area contributed by atoms with Crippen molar-refractivity contribution in [3.8, 4) is 22.6 Å². The second-order valence-electron chi connectivity index (χ2n) is 20.0. The molecule has 5 heterocycles. The van der Waals surface area contributed by atoms with E-state index in [4.69, 9.17) is 26.8 Å². The molecule has 10 rings (SSSR count). The highest BCUT2D eigenvalue weighted by Crippen LogP contribution is 2.56. The first-order valence-corrected chi connectivity index (χ1v) is 25.4. The Morgan fingerprint density at radius 3 is 2.41 bits per heavy atom. The van der Waals surface area contributed by atoms with Gasteiger partial charge in [-0.2, -0.15) is 5.10 Å². The van der Waals surface area contributed by atoms with Gasteiger partial charge < -0.3 is 30.3 Å². The largest absolute Gasteiger partial charge is 0.494 e. The fourth-order valence-electron chi connectivity index (χ4n) is 12.2. The molecule has 374 valence electrons. The van der Waals surface area contributed by atoms with Crippen molar-refractivity contribution in [2.75, 3.05) is 51.3 Å². The average molecular weight is 992 g/mol. The molecule has 5 aliphatic rings. The zero-order valence-corrected chi connectivity index (χ0v) is 41.2. The summed E-state index contributed by atoms with van der Waals surface area (Å²) in [5.74, 6) is -2.15. The predicted molar refractivity (Wildman–Crippen MR) is 267 cm³/mol. The molecule has 5 aromatic rings. The molecule has 0 bridgehead atoms. The summed E-state index contributed by atoms with van der Waals surface area (Å²) in [6.45, 7) is 6.11. The van der Waals surface area contributed by atoms with Crippen molar-refractivity contribution >= 4 is 52.1 Å². The number of hydrogen-bond donors (Lipinski definition) is 3. The summed E-state index contributed by atoms with van der Waals surface area (Å²) in [7, 11) is 3.20. The van der Waals surface area contributed by atoms with Gasteiger partial charge >= 0.3 is 6.03 Å². The summed E-state index contributed by atoms with van der Waals surface area (Å²) in [6, 6.07) is 20.0. The molecule has 71 heavy (non-hydrogen) atoms. The fraction of sp³-hybridized carbons (Fsp3) is 0.463. The Hall–Kier alpha value is -6.10. The van der Waals surface area contributed by atoms with Crippen molar-refractivity contribution in [3.05, 3.63) is 106 Å². The van der Waals surface area contributed by atoms with Crippen LogP contribution in [0.5, 0.6) is 11.5 Å². The molecule has 4 fully saturated rings. The van der Waals surface area contributed by atoms with Crippen molar-refractivity contribution in [2.24, 2.45) is 18.7 Å². The lowest BCUT2D eigenvalue weighted by Crippen LogP contribution is -2.49. The number of anilines is 1. The molecule has 3 saturated heterocycles. The van der Waals surface area contributed by atoms with E-state index in [1.54, 1.807) is 4.90 Å². The number of carbonyl (C=O) groups excluding carboxylic acids is 4. The third-order valence-electron chi connectivity index (χ3n) is 16.2. The fourth-order valence-corrected chi connectivity index (χ4v) is 12.5. The van der Waals surface area contributed by atoms with E-state index in [-0.39, 0.29) is 63.4 Å². The van der Waals surface area contributed by atoms with Crippen LogP contribution < -0.4 is 30.7 Å². The first kappa shape index (κ1) is 48.5. The highest BCUT2D eigenvalue weighted by Gasteiger charge is 2.50. The smallest absolute Gasteiger partial charge is 0.329 e. The first-order valence-electron chi connectivity index (χ1n) is 25.0. The SMILES string of the molecule is COc1ccc(C(N)=O)c(-c2c(Cl)c(F)cc3c2C(C)C(CNC2CCC(C(=O)N4CCCC(N5CCC(c6ccc7c(N8CCC(=O)NC8=O)nn(C)c7c6)CC5)CC4)CC2)(c2ccccc2)O3)c1F. The van der Waals surface area contributed by atoms with Crippen LogP contribution in [0.25, 0.3) is 22.0 Å². The van der Waals surface area contributed by atoms with Gasteiger partial charge in [0.2, 0.25) is 17.7 Å². The number of nitrogens with zero attached hydrogens (tertiary/aromatic N) is 5. The number of benzene rings is 4. The second-order valence-corrected chi connectivity index (χ2v) is 20.4. The molecule has 17 heteroatoms. The number of aromatic nitrogens is 2. The maximum absolute atomic E-state index is 16.3. The summed E-state index contributed by atoms with van der Waals surface area (Å²) < 4.78 is 46.0. The minimum atomic E-state index is -1.07. The lowest BCUT2D eigenvalue weighted by molar-refractivity contribution is -0.136. The van der Waals surface area contributed by atoms with Crippen LogP contribution in [0.3, 0.4) is 0 Å². The number of likely N-dealkylation sites (tertiary alicyclic amines) is 2. The average Bonchev–Trinajstić information content (AvgIpc) is 3.71. The molecule has 0 spiro atoms. The van der Waals surface area contributed by atoms with E-state index in [0.29, 0.717) is 36.4 Å². The number of nitrogens with two attached hydrogens (primary N) is 1. The number of piperidine rings is 1. The van der Waals surface area contributed by atoms with Crippen LogP contribution in [0.15, 0.2) is 66.7 Å². The van der Waals surface area contributed by atoms with E-state index in [1.165, 1.54) is 30.9 Å². The molecule has 3 unspecified atom stereocenters. The number of carbonyl (C=O) groups is 4. The van der Waals surface area contributed by atoms with Gasteiger partial charge in [0.1, 0.15) is 11.6 Å². The Morgan fingerprint density at radius 2 is 1.69 bits per heavy atom. The Labute approximate surface area is 417 Å². The number of fused-ring (bicyclic) bond motifs is 2. The van der Waals surface area contributed by atoms with Crippen LogP contribution >= 0.6 is 11.6 Å². The number of aryl methyl sites for hydroxylation is 1. The van der Waals surface area contributed by atoms with E-state index in [1.807, 2.05) is 49.0 Å². The Kier molecular flexibility index (Phi) is 13.6. The van der Waals surface area contributed by atoms with Gasteiger partial charge in [0.05, 0.1) is 23.2 Å². The predicted octanol–water partition coefficient (Wildman–Crippen LogP) is 8.53. The van der Waals surface area contributed by atoms with E-state index < -0.39 is 35.1 Å². The Morgan fingerprint density at radius 1 is 0.930 bits per heavy atom. The maximum atomic E-state index is 16.3. The van der Waals surface area contributed by atoms with Gasteiger partial charge in [0.25, 0.3) is 0 Å². The Balaban J connectivity index is 0.753. The van der Waals surface area contributed by atoms with Gasteiger partial charge in [0, 0.05) is 91.7 Å². The molecule has 0 radical (unpaired) electrons. The molecule has 1 aliphatic carbocycles. The Bertz CT molecular complexity index is 2880. The standard InChI is InChI=1S/C54H61ClF2N8O6/c1-31-45-43(29-40(56)48(55)47(45)46-39(50(58)67)17-18-42(70-3)49(46)57)71-54(31,35-8-5-4-6-9-35)30-59-36-14-11-33(12-15-36)52(68)64-23-7-10-37(21-26-64)63-24-19-32(20-25-63)34-13-16-38-41(28-34)62(2)61-51(38)65-27-22-44(66)60-53(65)69/h4-6,8-9,13,16-18,28-29,31-33,36-37,59H,7,10-12,14-15,19-27,30H2,1-3H3,(H2,58,67)(H,60,66,69). The van der Waals surface area contributed by atoms with E-state index >= 15 is 8.78 Å². The molecule has 3 atom stereocenters. The number of halogens is 3. The molecule has 1 aromatic heterocycles. The number of hydrogen-bond acceptors (Lipinski definition) is 9. The highest BCUT2D eigenvalue weighted by atomic mass is 35.5. The van der Waals surface area contributed by atoms with Crippen LogP contribution in [-0.2, 0) is 22.2 Å². The molecular formula is C54H61ClF2N8O6. The summed E-state index contributed by atoms with van der Waals surface area (Å²) in [5, 5.41) is 11.4. The van der Waals surface area contributed by atoms with Gasteiger partial charge in [-0.25, -0.2) is 13.6 Å². The second kappa shape index (κ2) is 19.8. The molecular weight excluding hydrogens is 930 g/mol. The quantitative estimate of drug-likeness (QED) is 0.118. The molecule has 4 N–H and O–H groups in total. The molecule has 1 saturated carbocycles. The number of rotatable bonds is 11.